The van der Waals surface area contributed by atoms with Gasteiger partial charge in [-0.2, -0.15) is 5.10 Å². The van der Waals surface area contributed by atoms with Gasteiger partial charge in [-0.25, -0.2) is 4.68 Å². The largest absolute Gasteiger partial charge is 0.436 e. The van der Waals surface area contributed by atoms with E-state index < -0.39 is 0 Å². The van der Waals surface area contributed by atoms with Crippen molar-refractivity contribution in [3.05, 3.63) is 57.5 Å². The maximum absolute atomic E-state index is 12.3. The maximum atomic E-state index is 12.3. The summed E-state index contributed by atoms with van der Waals surface area (Å²) in [5.74, 6) is -0.142. The van der Waals surface area contributed by atoms with Crippen LogP contribution in [-0.2, 0) is 19.5 Å². The van der Waals surface area contributed by atoms with Gasteiger partial charge in [-0.15, -0.1) is 0 Å². The molecule has 0 atom stereocenters. The molecule has 1 aromatic carbocycles. The third kappa shape index (κ3) is 2.94. The van der Waals surface area contributed by atoms with Crippen molar-refractivity contribution in [1.29, 1.82) is 0 Å². The summed E-state index contributed by atoms with van der Waals surface area (Å²) in [5, 5.41) is 9.56. The molecule has 6 nitrogen and oxygen atoms in total. The lowest BCUT2D eigenvalue weighted by atomic mass is 9.97. The van der Waals surface area contributed by atoms with Gasteiger partial charge in [0, 0.05) is 23.9 Å². The second-order valence-electron chi connectivity index (χ2n) is 5.22. The second kappa shape index (κ2) is 6.15. The lowest BCUT2D eigenvalue weighted by Gasteiger charge is -2.17. The number of nitrogens with zero attached hydrogens (tertiary/aromatic N) is 2. The first kappa shape index (κ1) is 14.5. The van der Waals surface area contributed by atoms with E-state index in [1.165, 1.54) is 17.8 Å². The van der Waals surface area contributed by atoms with Gasteiger partial charge in [-0.1, -0.05) is 12.1 Å². The number of nitrogens with one attached hydrogen (secondary N) is 2. The Morgan fingerprint density at radius 3 is 3.00 bits per heavy atom. The molecule has 2 N–H and O–H groups in total. The highest BCUT2D eigenvalue weighted by Gasteiger charge is 2.13. The molecular formula is C15H15BN4O2. The average molecular weight is 294 g/mol. The van der Waals surface area contributed by atoms with Gasteiger partial charge >= 0.3 is 0 Å². The summed E-state index contributed by atoms with van der Waals surface area (Å²) in [4.78, 5) is 24.2. The number of carbonyl (C=O) groups is 1. The molecule has 0 saturated carbocycles. The number of carbonyl (C=O) groups excluding carboxylic acids is 1. The molecule has 0 aliphatic carbocycles. The van der Waals surface area contributed by atoms with E-state index in [1.54, 1.807) is 0 Å². The van der Waals surface area contributed by atoms with Gasteiger partial charge in [0.05, 0.1) is 6.20 Å². The molecular weight excluding hydrogens is 279 g/mol. The average Bonchev–Trinajstić information content (AvgIpc) is 2.56. The minimum Gasteiger partial charge on any atom is -0.436 e. The Kier molecular flexibility index (Phi) is 4.06. The predicted octanol–water partition coefficient (Wildman–Crippen LogP) is 0.267. The summed E-state index contributed by atoms with van der Waals surface area (Å²) in [6.07, 6.45) is 2.38. The van der Waals surface area contributed by atoms with Gasteiger partial charge in [0.1, 0.15) is 6.54 Å². The number of fused-ring (bicyclic) bond motifs is 1. The molecule has 1 aliphatic heterocycles. The molecule has 2 aromatic rings. The van der Waals surface area contributed by atoms with Crippen LogP contribution in [0.1, 0.15) is 21.5 Å². The molecule has 22 heavy (non-hydrogen) atoms. The van der Waals surface area contributed by atoms with E-state index in [2.05, 4.69) is 15.6 Å². The van der Waals surface area contributed by atoms with Crippen LogP contribution in [0.25, 0.3) is 0 Å². The second-order valence-corrected chi connectivity index (χ2v) is 5.22. The van der Waals surface area contributed by atoms with E-state index in [-0.39, 0.29) is 17.9 Å². The molecule has 1 aliphatic rings. The lowest BCUT2D eigenvalue weighted by molar-refractivity contribution is 0.0965. The smallest absolute Gasteiger partial charge is 0.269 e. The van der Waals surface area contributed by atoms with Crippen molar-refractivity contribution in [2.45, 2.75) is 19.5 Å². The summed E-state index contributed by atoms with van der Waals surface area (Å²) < 4.78 is 1.13. The van der Waals surface area contributed by atoms with Crippen molar-refractivity contribution < 1.29 is 4.79 Å². The van der Waals surface area contributed by atoms with E-state index >= 15 is 0 Å². The summed E-state index contributed by atoms with van der Waals surface area (Å²) >= 11 is 0. The fourth-order valence-electron chi connectivity index (χ4n) is 2.51. The van der Waals surface area contributed by atoms with Crippen LogP contribution >= 0.6 is 0 Å². The number of benzene rings is 1. The monoisotopic (exact) mass is 294 g/mol. The molecule has 0 fully saturated rings. The minimum atomic E-state index is -0.372. The minimum absolute atomic E-state index is 0.0874. The molecule has 2 radical (unpaired) electrons. The molecule has 1 aromatic heterocycles. The predicted molar refractivity (Wildman–Crippen MR) is 84.1 cm³/mol. The molecule has 2 heterocycles. The quantitative estimate of drug-likeness (QED) is 0.625. The van der Waals surface area contributed by atoms with Gasteiger partial charge < -0.3 is 10.5 Å². The molecule has 0 unspecified atom stereocenters. The lowest BCUT2D eigenvalue weighted by Crippen LogP contribution is -2.27. The van der Waals surface area contributed by atoms with Crippen LogP contribution in [0.4, 0.5) is 5.69 Å². The Hall–Kier alpha value is -2.41. The van der Waals surface area contributed by atoms with Crippen LogP contribution in [0.2, 0.25) is 0 Å². The Labute approximate surface area is 129 Å². The zero-order valence-corrected chi connectivity index (χ0v) is 12.0. The topological polar surface area (TPSA) is 76.0 Å². The summed E-state index contributed by atoms with van der Waals surface area (Å²) in [7, 11) is 5.21. The molecule has 3 rings (SSSR count). The van der Waals surface area contributed by atoms with Gasteiger partial charge in [-0.05, 0) is 30.2 Å². The summed E-state index contributed by atoms with van der Waals surface area (Å²) in [6, 6.07) is 7.00. The highest BCUT2D eigenvalue weighted by molar-refractivity contribution is 6.15. The molecule has 0 spiro atoms. The van der Waals surface area contributed by atoms with Gasteiger partial charge in [0.2, 0.25) is 7.98 Å². The number of Topliss-reactive ketones (excluding diaryl/α,β-unsaturated/α-hetero) is 1. The number of anilines is 1. The number of rotatable bonds is 4. The van der Waals surface area contributed by atoms with E-state index in [4.69, 9.17) is 7.98 Å². The number of aromatic nitrogens is 2. The summed E-state index contributed by atoms with van der Waals surface area (Å²) in [5.41, 5.74) is 3.04. The number of hydrogen-bond acceptors (Lipinski definition) is 5. The van der Waals surface area contributed by atoms with E-state index in [0.717, 1.165) is 29.8 Å². The highest BCUT2D eigenvalue weighted by Crippen LogP contribution is 2.16. The Balaban J connectivity index is 1.81. The van der Waals surface area contributed by atoms with Crippen molar-refractivity contribution in [1.82, 2.24) is 15.1 Å². The maximum Gasteiger partial charge on any atom is 0.269 e. The van der Waals surface area contributed by atoms with Gasteiger partial charge in [0.15, 0.2) is 5.78 Å². The first-order valence-electron chi connectivity index (χ1n) is 7.07. The van der Waals surface area contributed by atoms with Gasteiger partial charge in [-0.3, -0.25) is 9.59 Å². The van der Waals surface area contributed by atoms with Crippen LogP contribution in [0.15, 0.2) is 35.3 Å². The van der Waals surface area contributed by atoms with E-state index in [1.807, 2.05) is 18.2 Å². The number of hydrogen-bond donors (Lipinski definition) is 2. The van der Waals surface area contributed by atoms with Crippen LogP contribution in [0.3, 0.4) is 0 Å². The fourth-order valence-corrected chi connectivity index (χ4v) is 2.51. The SMILES string of the molecule is [B]Nc1cnn(CC(=O)c2ccc3c(c2)CNCC3)c(=O)c1. The molecule has 7 heteroatoms. The van der Waals surface area contributed by atoms with Crippen molar-refractivity contribution in [2.24, 2.45) is 0 Å². The standard InChI is InChI=1S/C15H15BN4O2/c16-19-13-6-15(22)20(18-8-13)9-14(21)11-2-1-10-3-4-17-7-12(10)5-11/h1-2,5-6,8,17,19H,3-4,7,9H2. The Morgan fingerprint density at radius 1 is 1.36 bits per heavy atom. The molecule has 0 saturated heterocycles. The van der Waals surface area contributed by atoms with Crippen LogP contribution < -0.4 is 16.1 Å². The van der Waals surface area contributed by atoms with Crippen molar-refractivity contribution in [3.63, 3.8) is 0 Å². The third-order valence-corrected chi connectivity index (χ3v) is 3.74. The van der Waals surface area contributed by atoms with Crippen LogP contribution in [0.5, 0.6) is 0 Å². The zero-order chi connectivity index (χ0) is 15.5. The van der Waals surface area contributed by atoms with Crippen molar-refractivity contribution >= 4 is 19.5 Å². The normalized spacial score (nSPS) is 13.5. The molecule has 0 bridgehead atoms. The first-order valence-corrected chi connectivity index (χ1v) is 7.07. The molecule has 110 valence electrons. The van der Waals surface area contributed by atoms with Crippen LogP contribution in [0, 0.1) is 0 Å². The zero-order valence-electron chi connectivity index (χ0n) is 12.0. The van der Waals surface area contributed by atoms with Gasteiger partial charge in [0.25, 0.3) is 5.56 Å². The summed E-state index contributed by atoms with van der Waals surface area (Å²) in [6.45, 7) is 1.64. The fraction of sp³-hybridized carbons (Fsp3) is 0.267. The number of ketones is 1. The first-order chi connectivity index (χ1) is 10.7. The van der Waals surface area contributed by atoms with Crippen molar-refractivity contribution in [3.8, 4) is 0 Å². The van der Waals surface area contributed by atoms with E-state index in [0.29, 0.717) is 11.3 Å². The Bertz CT molecular complexity index is 772. The van der Waals surface area contributed by atoms with E-state index in [9.17, 15) is 9.59 Å². The highest BCUT2D eigenvalue weighted by atomic mass is 16.1. The Morgan fingerprint density at radius 2 is 2.23 bits per heavy atom. The molecule has 0 amide bonds. The van der Waals surface area contributed by atoms with Crippen LogP contribution in [-0.4, -0.2) is 30.1 Å². The van der Waals surface area contributed by atoms with Crippen molar-refractivity contribution in [2.75, 3.05) is 11.8 Å². The third-order valence-electron chi connectivity index (χ3n) is 3.74.